The average molecular weight is 476 g/mol. The number of aryl methyl sites for hydroxylation is 1. The second-order valence-electron chi connectivity index (χ2n) is 7.89. The predicted molar refractivity (Wildman–Crippen MR) is 130 cm³/mol. The van der Waals surface area contributed by atoms with Crippen LogP contribution in [0.1, 0.15) is 33.3 Å². The quantitative estimate of drug-likeness (QED) is 0.488. The first-order valence-electron chi connectivity index (χ1n) is 10.6. The van der Waals surface area contributed by atoms with E-state index in [0.29, 0.717) is 16.7 Å². The lowest BCUT2D eigenvalue weighted by molar-refractivity contribution is -0.118. The van der Waals surface area contributed by atoms with E-state index in [0.717, 1.165) is 36.1 Å². The predicted octanol–water partition coefficient (Wildman–Crippen LogP) is 3.79. The number of hydrogen-bond donors (Lipinski definition) is 2. The highest BCUT2D eigenvalue weighted by Gasteiger charge is 2.30. The Hall–Kier alpha value is -2.56. The SMILES string of the molecule is CCN(CC)c1ccc(NC(=O)[C@@H](NS(=O)(=O)c2cccc3nsnc23)C(C)C)c(C)c1. The van der Waals surface area contributed by atoms with Crippen LogP contribution in [0.4, 0.5) is 11.4 Å². The van der Waals surface area contributed by atoms with Gasteiger partial charge in [0, 0.05) is 24.5 Å². The molecular weight excluding hydrogens is 446 g/mol. The Morgan fingerprint density at radius 2 is 1.84 bits per heavy atom. The summed E-state index contributed by atoms with van der Waals surface area (Å²) in [5, 5.41) is 2.89. The summed E-state index contributed by atoms with van der Waals surface area (Å²) in [6.07, 6.45) is 0. The minimum atomic E-state index is -3.99. The summed E-state index contributed by atoms with van der Waals surface area (Å²) in [4.78, 5) is 15.3. The van der Waals surface area contributed by atoms with Crippen molar-refractivity contribution in [1.82, 2.24) is 13.5 Å². The van der Waals surface area contributed by atoms with Crippen molar-refractivity contribution in [1.29, 1.82) is 0 Å². The number of amides is 1. The third kappa shape index (κ3) is 5.08. The molecule has 32 heavy (non-hydrogen) atoms. The van der Waals surface area contributed by atoms with Gasteiger partial charge in [0.15, 0.2) is 0 Å². The van der Waals surface area contributed by atoms with Gasteiger partial charge in [-0.25, -0.2) is 8.42 Å². The van der Waals surface area contributed by atoms with Gasteiger partial charge in [0.25, 0.3) is 0 Å². The molecule has 172 valence electrons. The van der Waals surface area contributed by atoms with Crippen LogP contribution in [-0.2, 0) is 14.8 Å². The summed E-state index contributed by atoms with van der Waals surface area (Å²) in [7, 11) is -3.99. The molecule has 0 saturated heterocycles. The highest BCUT2D eigenvalue weighted by atomic mass is 32.2. The van der Waals surface area contributed by atoms with Crippen molar-refractivity contribution < 1.29 is 13.2 Å². The maximum atomic E-state index is 13.1. The van der Waals surface area contributed by atoms with Gasteiger partial charge in [-0.15, -0.1) is 0 Å². The first kappa shape index (κ1) is 24.1. The van der Waals surface area contributed by atoms with E-state index in [2.05, 4.69) is 37.5 Å². The van der Waals surface area contributed by atoms with Crippen LogP contribution in [0.2, 0.25) is 0 Å². The average Bonchev–Trinajstić information content (AvgIpc) is 3.23. The summed E-state index contributed by atoms with van der Waals surface area (Å²) >= 11 is 0.949. The summed E-state index contributed by atoms with van der Waals surface area (Å²) < 4.78 is 37.0. The number of rotatable bonds is 9. The first-order chi connectivity index (χ1) is 15.2. The molecule has 0 radical (unpaired) electrons. The zero-order valence-electron chi connectivity index (χ0n) is 18.9. The number of carbonyl (C=O) groups excluding carboxylic acids is 1. The minimum absolute atomic E-state index is 0.0157. The van der Waals surface area contributed by atoms with Crippen LogP contribution in [0.25, 0.3) is 11.0 Å². The van der Waals surface area contributed by atoms with Gasteiger partial charge in [-0.05, 0) is 62.6 Å². The van der Waals surface area contributed by atoms with Crippen LogP contribution in [0.15, 0.2) is 41.3 Å². The van der Waals surface area contributed by atoms with E-state index in [4.69, 9.17) is 0 Å². The smallest absolute Gasteiger partial charge is 0.243 e. The second kappa shape index (κ2) is 9.93. The number of aromatic nitrogens is 2. The van der Waals surface area contributed by atoms with Gasteiger partial charge in [-0.3, -0.25) is 4.79 Å². The number of carbonyl (C=O) groups is 1. The molecule has 10 heteroatoms. The van der Waals surface area contributed by atoms with Crippen molar-refractivity contribution in [3.63, 3.8) is 0 Å². The van der Waals surface area contributed by atoms with E-state index in [1.54, 1.807) is 26.0 Å². The van der Waals surface area contributed by atoms with Gasteiger partial charge in [-0.1, -0.05) is 19.9 Å². The molecule has 2 aromatic carbocycles. The van der Waals surface area contributed by atoms with Crippen molar-refractivity contribution in [2.75, 3.05) is 23.3 Å². The van der Waals surface area contributed by atoms with Crippen LogP contribution in [0.5, 0.6) is 0 Å². The van der Waals surface area contributed by atoms with Gasteiger partial charge in [-0.2, -0.15) is 13.5 Å². The molecule has 1 atom stereocenters. The Morgan fingerprint density at radius 1 is 1.12 bits per heavy atom. The van der Waals surface area contributed by atoms with Crippen molar-refractivity contribution in [3.05, 3.63) is 42.0 Å². The molecule has 8 nitrogen and oxygen atoms in total. The molecule has 0 aliphatic heterocycles. The number of fused-ring (bicyclic) bond motifs is 1. The fourth-order valence-corrected chi connectivity index (χ4v) is 5.62. The number of nitrogens with one attached hydrogen (secondary N) is 2. The van der Waals surface area contributed by atoms with Gasteiger partial charge >= 0.3 is 0 Å². The number of hydrogen-bond acceptors (Lipinski definition) is 7. The van der Waals surface area contributed by atoms with Gasteiger partial charge in [0.1, 0.15) is 22.0 Å². The standard InChI is InChI=1S/C22H29N5O3S2/c1-6-27(7-2)16-11-12-17(15(5)13-16)23-22(28)20(14(3)4)26-32(29,30)19-10-8-9-18-21(19)25-31-24-18/h8-14,20,26H,6-7H2,1-5H3,(H,23,28)/t20-/m0/s1. The molecule has 0 fully saturated rings. The zero-order valence-corrected chi connectivity index (χ0v) is 20.5. The fourth-order valence-electron chi connectivity index (χ4n) is 3.51. The molecule has 0 unspecified atom stereocenters. The molecule has 3 aromatic rings. The fraction of sp³-hybridized carbons (Fsp3) is 0.409. The van der Waals surface area contributed by atoms with Gasteiger partial charge in [0.2, 0.25) is 15.9 Å². The summed E-state index contributed by atoms with van der Waals surface area (Å²) in [6.45, 7) is 11.5. The monoisotopic (exact) mass is 475 g/mol. The molecule has 0 aliphatic rings. The maximum absolute atomic E-state index is 13.1. The number of nitrogens with zero attached hydrogens (tertiary/aromatic N) is 3. The second-order valence-corrected chi connectivity index (χ2v) is 10.1. The van der Waals surface area contributed by atoms with E-state index in [1.165, 1.54) is 6.07 Å². The van der Waals surface area contributed by atoms with Gasteiger partial charge in [0.05, 0.1) is 11.7 Å². The summed E-state index contributed by atoms with van der Waals surface area (Å²) in [5.41, 5.74) is 3.45. The van der Waals surface area contributed by atoms with Crippen molar-refractivity contribution >= 4 is 50.1 Å². The molecule has 1 amide bonds. The molecule has 0 bridgehead atoms. The normalized spacial score (nSPS) is 12.8. The lowest BCUT2D eigenvalue weighted by Crippen LogP contribution is -2.47. The van der Waals surface area contributed by atoms with E-state index in [9.17, 15) is 13.2 Å². The Balaban J connectivity index is 1.83. The van der Waals surface area contributed by atoms with Crippen molar-refractivity contribution in [3.8, 4) is 0 Å². The Labute approximate surface area is 193 Å². The van der Waals surface area contributed by atoms with Crippen molar-refractivity contribution in [2.24, 2.45) is 5.92 Å². The van der Waals surface area contributed by atoms with Crippen LogP contribution in [0.3, 0.4) is 0 Å². The summed E-state index contributed by atoms with van der Waals surface area (Å²) in [5.74, 6) is -0.682. The molecule has 2 N–H and O–H groups in total. The lowest BCUT2D eigenvalue weighted by Gasteiger charge is -2.24. The largest absolute Gasteiger partial charge is 0.372 e. The molecule has 1 heterocycles. The summed E-state index contributed by atoms with van der Waals surface area (Å²) in [6, 6.07) is 9.67. The third-order valence-corrected chi connectivity index (χ3v) is 7.38. The number of sulfonamides is 1. The molecular formula is C22H29N5O3S2. The van der Waals surface area contributed by atoms with Crippen LogP contribution in [-0.4, -0.2) is 42.2 Å². The Bertz CT molecular complexity index is 1200. The van der Waals surface area contributed by atoms with E-state index in [1.807, 2.05) is 25.1 Å². The van der Waals surface area contributed by atoms with Gasteiger partial charge < -0.3 is 10.2 Å². The Kier molecular flexibility index (Phi) is 7.47. The van der Waals surface area contributed by atoms with Crippen LogP contribution < -0.4 is 14.9 Å². The van der Waals surface area contributed by atoms with Crippen LogP contribution in [0, 0.1) is 12.8 Å². The topological polar surface area (TPSA) is 104 Å². The number of benzene rings is 2. The molecule has 0 spiro atoms. The Morgan fingerprint density at radius 3 is 2.47 bits per heavy atom. The highest BCUT2D eigenvalue weighted by molar-refractivity contribution is 7.89. The van der Waals surface area contributed by atoms with E-state index in [-0.39, 0.29) is 10.8 Å². The maximum Gasteiger partial charge on any atom is 0.243 e. The minimum Gasteiger partial charge on any atom is -0.372 e. The third-order valence-electron chi connectivity index (χ3n) is 5.37. The zero-order chi connectivity index (χ0) is 23.5. The highest BCUT2D eigenvalue weighted by Crippen LogP contribution is 2.25. The number of anilines is 2. The molecule has 3 rings (SSSR count). The van der Waals surface area contributed by atoms with E-state index >= 15 is 0 Å². The lowest BCUT2D eigenvalue weighted by atomic mass is 10.0. The molecule has 0 aliphatic carbocycles. The van der Waals surface area contributed by atoms with Crippen molar-refractivity contribution in [2.45, 2.75) is 45.6 Å². The first-order valence-corrected chi connectivity index (χ1v) is 12.8. The van der Waals surface area contributed by atoms with Crippen LogP contribution >= 0.6 is 11.7 Å². The van der Waals surface area contributed by atoms with E-state index < -0.39 is 22.0 Å². The molecule has 1 aromatic heterocycles. The molecule has 0 saturated carbocycles.